The lowest BCUT2D eigenvalue weighted by molar-refractivity contribution is -0.153. The smallest absolute Gasteiger partial charge is 0.306 e. The van der Waals surface area contributed by atoms with Crippen LogP contribution in [0.25, 0.3) is 0 Å². The van der Waals surface area contributed by atoms with Crippen molar-refractivity contribution >= 4 is 11.9 Å². The number of esters is 1. The van der Waals surface area contributed by atoms with Gasteiger partial charge in [0.25, 0.3) is 0 Å². The molecule has 0 heterocycles. The number of hydrogen-bond acceptors (Lipinski definition) is 3. The van der Waals surface area contributed by atoms with Crippen LogP contribution in [0.15, 0.2) is 0 Å². The zero-order valence-electron chi connectivity index (χ0n) is 7.66. The van der Waals surface area contributed by atoms with Crippen molar-refractivity contribution in [3.05, 3.63) is 0 Å². The molecule has 13 heavy (non-hydrogen) atoms. The Kier molecular flexibility index (Phi) is 3.28. The summed E-state index contributed by atoms with van der Waals surface area (Å²) < 4.78 is 4.97. The van der Waals surface area contributed by atoms with Crippen molar-refractivity contribution in [2.45, 2.75) is 38.7 Å². The molecule has 0 saturated heterocycles. The minimum atomic E-state index is -0.781. The van der Waals surface area contributed by atoms with Crippen LogP contribution in [-0.2, 0) is 14.3 Å². The van der Waals surface area contributed by atoms with Gasteiger partial charge in [-0.05, 0) is 25.7 Å². The summed E-state index contributed by atoms with van der Waals surface area (Å²) in [4.78, 5) is 21.3. The third-order valence-corrected chi connectivity index (χ3v) is 2.31. The van der Waals surface area contributed by atoms with E-state index in [1.165, 1.54) is 6.92 Å². The summed E-state index contributed by atoms with van der Waals surface area (Å²) in [5, 5.41) is 8.75. The normalized spacial score (nSPS) is 28.1. The van der Waals surface area contributed by atoms with E-state index < -0.39 is 5.97 Å². The molecule has 1 aliphatic carbocycles. The van der Waals surface area contributed by atoms with Crippen LogP contribution in [0.5, 0.6) is 0 Å². The molecule has 0 spiro atoms. The maximum absolute atomic E-state index is 10.6. The number of rotatable bonds is 2. The van der Waals surface area contributed by atoms with Gasteiger partial charge in [-0.1, -0.05) is 0 Å². The molecule has 1 saturated carbocycles. The zero-order chi connectivity index (χ0) is 9.84. The average molecular weight is 186 g/mol. The van der Waals surface area contributed by atoms with Gasteiger partial charge < -0.3 is 9.84 Å². The topological polar surface area (TPSA) is 63.6 Å². The molecule has 4 nitrogen and oxygen atoms in total. The third kappa shape index (κ3) is 3.05. The first-order chi connectivity index (χ1) is 6.09. The van der Waals surface area contributed by atoms with E-state index in [1.807, 2.05) is 0 Å². The van der Waals surface area contributed by atoms with Crippen LogP contribution < -0.4 is 0 Å². The van der Waals surface area contributed by atoms with Crippen molar-refractivity contribution in [3.8, 4) is 0 Å². The number of hydrogen-bond donors (Lipinski definition) is 1. The molecular weight excluding hydrogens is 172 g/mol. The molecule has 74 valence electrons. The summed E-state index contributed by atoms with van der Waals surface area (Å²) in [5.41, 5.74) is 0. The highest BCUT2D eigenvalue weighted by molar-refractivity contribution is 5.70. The van der Waals surface area contributed by atoms with Crippen molar-refractivity contribution in [2.75, 3.05) is 0 Å². The average Bonchev–Trinajstić information content (AvgIpc) is 2.03. The van der Waals surface area contributed by atoms with Crippen molar-refractivity contribution in [1.82, 2.24) is 0 Å². The zero-order valence-corrected chi connectivity index (χ0v) is 7.66. The number of carboxylic acid groups (broad SMARTS) is 1. The molecule has 0 radical (unpaired) electrons. The van der Waals surface area contributed by atoms with Crippen LogP contribution in [0, 0.1) is 5.92 Å². The Morgan fingerprint density at radius 1 is 1.38 bits per heavy atom. The molecule has 2 atom stereocenters. The molecule has 2 unspecified atom stereocenters. The van der Waals surface area contributed by atoms with Gasteiger partial charge in [-0.3, -0.25) is 9.59 Å². The van der Waals surface area contributed by atoms with E-state index in [2.05, 4.69) is 0 Å². The number of ether oxygens (including phenoxy) is 1. The fraction of sp³-hybridized carbons (Fsp3) is 0.778. The molecular formula is C9H14O4. The molecule has 4 heteroatoms. The number of carbonyl (C=O) groups excluding carboxylic acids is 1. The minimum absolute atomic E-state index is 0.188. The van der Waals surface area contributed by atoms with Gasteiger partial charge in [0, 0.05) is 6.92 Å². The summed E-state index contributed by atoms with van der Waals surface area (Å²) in [7, 11) is 0. The Hall–Kier alpha value is -1.06. The second kappa shape index (κ2) is 4.25. The molecule has 1 rings (SSSR count). The molecule has 0 aromatic rings. The second-order valence-electron chi connectivity index (χ2n) is 3.43. The van der Waals surface area contributed by atoms with Crippen molar-refractivity contribution in [3.63, 3.8) is 0 Å². The van der Waals surface area contributed by atoms with Gasteiger partial charge >= 0.3 is 11.9 Å². The highest BCUT2D eigenvalue weighted by Gasteiger charge is 2.28. The molecule has 1 aliphatic rings. The first kappa shape index (κ1) is 10.0. The van der Waals surface area contributed by atoms with Gasteiger partial charge in [0.2, 0.25) is 0 Å². The molecule has 0 aromatic heterocycles. The Morgan fingerprint density at radius 3 is 2.62 bits per heavy atom. The van der Waals surface area contributed by atoms with Crippen LogP contribution in [-0.4, -0.2) is 23.1 Å². The van der Waals surface area contributed by atoms with E-state index in [0.29, 0.717) is 12.8 Å². The van der Waals surface area contributed by atoms with E-state index in [0.717, 1.165) is 12.8 Å². The van der Waals surface area contributed by atoms with Gasteiger partial charge in [0.05, 0.1) is 5.92 Å². The molecule has 1 N–H and O–H groups in total. The van der Waals surface area contributed by atoms with E-state index >= 15 is 0 Å². The minimum Gasteiger partial charge on any atom is -0.481 e. The van der Waals surface area contributed by atoms with Crippen molar-refractivity contribution < 1.29 is 19.4 Å². The fourth-order valence-corrected chi connectivity index (χ4v) is 1.71. The van der Waals surface area contributed by atoms with Crippen LogP contribution in [0.1, 0.15) is 32.6 Å². The molecule has 1 fully saturated rings. The third-order valence-electron chi connectivity index (χ3n) is 2.31. The summed E-state index contributed by atoms with van der Waals surface area (Å²) in [6, 6.07) is 0. The second-order valence-corrected chi connectivity index (χ2v) is 3.43. The molecule has 0 amide bonds. The molecule has 0 aromatic carbocycles. The Morgan fingerprint density at radius 2 is 2.08 bits per heavy atom. The van der Waals surface area contributed by atoms with E-state index in [-0.39, 0.29) is 18.0 Å². The highest BCUT2D eigenvalue weighted by Crippen LogP contribution is 2.26. The van der Waals surface area contributed by atoms with Gasteiger partial charge in [0.15, 0.2) is 0 Å². The predicted molar refractivity (Wildman–Crippen MR) is 45.1 cm³/mol. The summed E-state index contributed by atoms with van der Waals surface area (Å²) >= 11 is 0. The van der Waals surface area contributed by atoms with Crippen molar-refractivity contribution in [1.29, 1.82) is 0 Å². The SMILES string of the molecule is CC(=O)OC1CCCC(C(=O)O)C1. The predicted octanol–water partition coefficient (Wildman–Crippen LogP) is 1.19. The van der Waals surface area contributed by atoms with Crippen LogP contribution in [0.4, 0.5) is 0 Å². The lowest BCUT2D eigenvalue weighted by atomic mass is 9.87. The lowest BCUT2D eigenvalue weighted by Crippen LogP contribution is -2.28. The van der Waals surface area contributed by atoms with Gasteiger partial charge in [-0.2, -0.15) is 0 Å². The largest absolute Gasteiger partial charge is 0.481 e. The molecule has 0 aliphatic heterocycles. The Labute approximate surface area is 76.9 Å². The van der Waals surface area contributed by atoms with E-state index in [9.17, 15) is 9.59 Å². The van der Waals surface area contributed by atoms with Crippen LogP contribution in [0.2, 0.25) is 0 Å². The summed E-state index contributed by atoms with van der Waals surface area (Å²) in [6.45, 7) is 1.35. The number of carboxylic acids is 1. The van der Waals surface area contributed by atoms with Gasteiger partial charge in [-0.25, -0.2) is 0 Å². The van der Waals surface area contributed by atoms with Crippen LogP contribution in [0.3, 0.4) is 0 Å². The first-order valence-electron chi connectivity index (χ1n) is 4.49. The highest BCUT2D eigenvalue weighted by atomic mass is 16.5. The van der Waals surface area contributed by atoms with Crippen LogP contribution >= 0.6 is 0 Å². The first-order valence-corrected chi connectivity index (χ1v) is 4.49. The lowest BCUT2D eigenvalue weighted by Gasteiger charge is -2.25. The Balaban J connectivity index is 2.41. The maximum atomic E-state index is 10.6. The maximum Gasteiger partial charge on any atom is 0.306 e. The number of aliphatic carboxylic acids is 1. The van der Waals surface area contributed by atoms with E-state index in [4.69, 9.17) is 9.84 Å². The van der Waals surface area contributed by atoms with E-state index in [1.54, 1.807) is 0 Å². The standard InChI is InChI=1S/C9H14O4/c1-6(10)13-8-4-2-3-7(5-8)9(11)12/h7-8H,2-5H2,1H3,(H,11,12). The summed E-state index contributed by atoms with van der Waals surface area (Å²) in [6.07, 6.45) is 2.60. The van der Waals surface area contributed by atoms with Gasteiger partial charge in [-0.15, -0.1) is 0 Å². The molecule has 0 bridgehead atoms. The van der Waals surface area contributed by atoms with Gasteiger partial charge in [0.1, 0.15) is 6.10 Å². The fourth-order valence-electron chi connectivity index (χ4n) is 1.71. The Bertz CT molecular complexity index is 212. The van der Waals surface area contributed by atoms with Crippen molar-refractivity contribution in [2.24, 2.45) is 5.92 Å². The monoisotopic (exact) mass is 186 g/mol. The quantitative estimate of drug-likeness (QED) is 0.658. The number of carbonyl (C=O) groups is 2. The summed E-state index contributed by atoms with van der Waals surface area (Å²) in [5.74, 6) is -1.44.